The van der Waals surface area contributed by atoms with Gasteiger partial charge in [-0.15, -0.1) is 5.47 Å². The SMILES string of the molecule is [B]C1=CC2c3c(C#N)c(C(=O)OCC)c4c(c3N(CC)C2C=C1)CCc1cc(OC)ccc1-4. The van der Waals surface area contributed by atoms with Gasteiger partial charge in [-0.3, -0.25) is 0 Å². The Morgan fingerprint density at radius 3 is 2.82 bits per heavy atom. The number of methoxy groups -OCH3 is 1. The minimum Gasteiger partial charge on any atom is -0.497 e. The van der Waals surface area contributed by atoms with Crippen LogP contribution in [0.4, 0.5) is 5.69 Å². The molecule has 2 aromatic carbocycles. The Bertz CT molecular complexity index is 1270. The van der Waals surface area contributed by atoms with Crippen molar-refractivity contribution in [3.8, 4) is 22.9 Å². The Morgan fingerprint density at radius 2 is 2.12 bits per heavy atom. The average Bonchev–Trinajstić information content (AvgIpc) is 3.15. The average molecular weight is 436 g/mol. The molecule has 0 N–H and O–H groups in total. The lowest BCUT2D eigenvalue weighted by Crippen LogP contribution is -2.33. The van der Waals surface area contributed by atoms with E-state index >= 15 is 0 Å². The molecule has 33 heavy (non-hydrogen) atoms. The maximum Gasteiger partial charge on any atom is 0.340 e. The van der Waals surface area contributed by atoms with Gasteiger partial charge in [0.15, 0.2) is 0 Å². The number of allylic oxidation sites excluding steroid dienone is 2. The van der Waals surface area contributed by atoms with Crippen LogP contribution in [0.3, 0.4) is 0 Å². The first-order chi connectivity index (χ1) is 16.0. The molecule has 5 nitrogen and oxygen atoms in total. The first-order valence-corrected chi connectivity index (χ1v) is 11.4. The number of hydrogen-bond acceptors (Lipinski definition) is 5. The monoisotopic (exact) mass is 436 g/mol. The summed E-state index contributed by atoms with van der Waals surface area (Å²) in [6.07, 6.45) is 7.67. The Balaban J connectivity index is 1.88. The molecule has 1 aliphatic heterocycles. The number of benzene rings is 2. The second-order valence-electron chi connectivity index (χ2n) is 8.55. The number of fused-ring (bicyclic) bond motifs is 7. The summed E-state index contributed by atoms with van der Waals surface area (Å²) in [5, 5.41) is 10.4. The predicted molar refractivity (Wildman–Crippen MR) is 129 cm³/mol. The number of carbonyl (C=O) groups excluding carboxylic acids is 1. The molecule has 164 valence electrons. The lowest BCUT2D eigenvalue weighted by Gasteiger charge is -2.31. The van der Waals surface area contributed by atoms with E-state index in [0.717, 1.165) is 58.6 Å². The van der Waals surface area contributed by atoms with Gasteiger partial charge < -0.3 is 14.4 Å². The molecule has 2 aromatic rings. The van der Waals surface area contributed by atoms with Crippen LogP contribution in [0.5, 0.6) is 5.75 Å². The van der Waals surface area contributed by atoms with Crippen LogP contribution in [0, 0.1) is 11.3 Å². The molecule has 0 amide bonds. The summed E-state index contributed by atoms with van der Waals surface area (Å²) in [7, 11) is 7.82. The summed E-state index contributed by atoms with van der Waals surface area (Å²) in [4.78, 5) is 15.7. The Labute approximate surface area is 195 Å². The maximum absolute atomic E-state index is 13.3. The molecule has 0 saturated carbocycles. The normalized spacial score (nSPS) is 19.6. The van der Waals surface area contributed by atoms with Gasteiger partial charge in [0.25, 0.3) is 0 Å². The molecule has 2 radical (unpaired) electrons. The lowest BCUT2D eigenvalue weighted by molar-refractivity contribution is 0.0526. The molecule has 2 unspecified atom stereocenters. The van der Waals surface area contributed by atoms with Crippen LogP contribution in [-0.4, -0.2) is 40.1 Å². The number of nitriles is 1. The highest BCUT2D eigenvalue weighted by molar-refractivity contribution is 6.23. The van der Waals surface area contributed by atoms with Gasteiger partial charge in [-0.1, -0.05) is 24.3 Å². The highest BCUT2D eigenvalue weighted by Crippen LogP contribution is 2.53. The van der Waals surface area contributed by atoms with Crippen LogP contribution in [0.25, 0.3) is 11.1 Å². The molecule has 0 spiro atoms. The molecule has 6 heteroatoms. The third-order valence-electron chi connectivity index (χ3n) is 6.98. The topological polar surface area (TPSA) is 62.6 Å². The van der Waals surface area contributed by atoms with E-state index in [0.29, 0.717) is 16.6 Å². The van der Waals surface area contributed by atoms with Gasteiger partial charge in [0, 0.05) is 29.3 Å². The van der Waals surface area contributed by atoms with Crippen molar-refractivity contribution in [2.24, 2.45) is 0 Å². The van der Waals surface area contributed by atoms with Gasteiger partial charge >= 0.3 is 5.97 Å². The van der Waals surface area contributed by atoms with E-state index in [1.807, 2.05) is 30.4 Å². The van der Waals surface area contributed by atoms with Crippen molar-refractivity contribution in [3.05, 3.63) is 69.7 Å². The zero-order chi connectivity index (χ0) is 23.3. The molecule has 0 fully saturated rings. The number of likely N-dealkylation sites (N-methyl/N-ethyl adjacent to an activating group) is 1. The second kappa shape index (κ2) is 8.15. The zero-order valence-corrected chi connectivity index (χ0v) is 19.1. The Morgan fingerprint density at radius 1 is 1.30 bits per heavy atom. The number of ether oxygens (including phenoxy) is 2. The highest BCUT2D eigenvalue weighted by atomic mass is 16.5. The standard InChI is InChI=1S/C27H25BN2O3/c1-4-30-22-11-7-16(28)13-20(22)24-21(14-29)25(27(31)33-5-2)23-18-10-8-17(32-3)12-15(18)6-9-19(23)26(24)30/h7-8,10-13,20,22H,4-6,9H2,1-3H3. The maximum atomic E-state index is 13.3. The van der Waals surface area contributed by atoms with Crippen molar-refractivity contribution >= 4 is 19.5 Å². The quantitative estimate of drug-likeness (QED) is 0.525. The molecule has 2 atom stereocenters. The Hall–Kier alpha value is -3.46. The fraction of sp³-hybridized carbons (Fsp3) is 0.333. The first-order valence-electron chi connectivity index (χ1n) is 11.4. The number of anilines is 1. The predicted octanol–water partition coefficient (Wildman–Crippen LogP) is 4.42. The van der Waals surface area contributed by atoms with Crippen LogP contribution < -0.4 is 9.64 Å². The van der Waals surface area contributed by atoms with E-state index in [1.165, 1.54) is 0 Å². The van der Waals surface area contributed by atoms with Gasteiger partial charge in [0.05, 0.1) is 30.9 Å². The van der Waals surface area contributed by atoms with Crippen molar-refractivity contribution in [2.45, 2.75) is 38.6 Å². The van der Waals surface area contributed by atoms with Crippen molar-refractivity contribution in [1.82, 2.24) is 0 Å². The molecule has 3 aliphatic rings. The third kappa shape index (κ3) is 3.10. The van der Waals surface area contributed by atoms with E-state index in [2.05, 4.69) is 24.0 Å². The summed E-state index contributed by atoms with van der Waals surface area (Å²) in [6.45, 7) is 4.94. The summed E-state index contributed by atoms with van der Waals surface area (Å²) < 4.78 is 10.9. The second-order valence-corrected chi connectivity index (χ2v) is 8.55. The summed E-state index contributed by atoms with van der Waals surface area (Å²) >= 11 is 0. The van der Waals surface area contributed by atoms with Gasteiger partial charge in [0.1, 0.15) is 19.7 Å². The smallest absolute Gasteiger partial charge is 0.340 e. The van der Waals surface area contributed by atoms with Crippen LogP contribution in [0.2, 0.25) is 0 Å². The first kappa shape index (κ1) is 21.4. The van der Waals surface area contributed by atoms with Crippen molar-refractivity contribution < 1.29 is 14.3 Å². The number of esters is 1. The van der Waals surface area contributed by atoms with Gasteiger partial charge in [-0.05, 0) is 55.5 Å². The zero-order valence-electron chi connectivity index (χ0n) is 19.1. The van der Waals surface area contributed by atoms with Crippen LogP contribution >= 0.6 is 0 Å². The molecule has 1 heterocycles. The number of carbonyl (C=O) groups is 1. The van der Waals surface area contributed by atoms with E-state index in [1.54, 1.807) is 14.0 Å². The molecule has 0 aromatic heterocycles. The minimum atomic E-state index is -0.452. The van der Waals surface area contributed by atoms with Gasteiger partial charge in [0.2, 0.25) is 0 Å². The van der Waals surface area contributed by atoms with Crippen molar-refractivity contribution in [2.75, 3.05) is 25.2 Å². The van der Waals surface area contributed by atoms with Crippen molar-refractivity contribution in [1.29, 1.82) is 5.26 Å². The van der Waals surface area contributed by atoms with E-state index in [4.69, 9.17) is 17.3 Å². The fourth-order valence-corrected chi connectivity index (χ4v) is 5.69. The number of nitrogens with zero attached hydrogens (tertiary/aromatic N) is 2. The largest absolute Gasteiger partial charge is 0.497 e. The van der Waals surface area contributed by atoms with Crippen LogP contribution in [0.15, 0.2) is 41.9 Å². The molecule has 2 aliphatic carbocycles. The molecule has 0 saturated heterocycles. The number of rotatable bonds is 4. The highest BCUT2D eigenvalue weighted by Gasteiger charge is 2.44. The number of aryl methyl sites for hydroxylation is 1. The fourth-order valence-electron chi connectivity index (χ4n) is 5.69. The van der Waals surface area contributed by atoms with E-state index in [-0.39, 0.29) is 18.6 Å². The van der Waals surface area contributed by atoms with Gasteiger partial charge in [-0.2, -0.15) is 5.26 Å². The lowest BCUT2D eigenvalue weighted by atomic mass is 9.75. The summed E-state index contributed by atoms with van der Waals surface area (Å²) in [6, 6.07) is 8.39. The molecule has 5 rings (SSSR count). The third-order valence-corrected chi connectivity index (χ3v) is 6.98. The van der Waals surface area contributed by atoms with E-state index < -0.39 is 5.97 Å². The van der Waals surface area contributed by atoms with Crippen molar-refractivity contribution in [3.63, 3.8) is 0 Å². The van der Waals surface area contributed by atoms with Crippen LogP contribution in [0.1, 0.15) is 52.4 Å². The Kier molecular flexibility index (Phi) is 5.28. The molecule has 0 bridgehead atoms. The van der Waals surface area contributed by atoms with E-state index in [9.17, 15) is 10.1 Å². The summed E-state index contributed by atoms with van der Waals surface area (Å²) in [5.74, 6) is 0.255. The van der Waals surface area contributed by atoms with Crippen LogP contribution in [-0.2, 0) is 17.6 Å². The molecular weight excluding hydrogens is 411 g/mol. The number of hydrogen-bond donors (Lipinski definition) is 0. The summed E-state index contributed by atoms with van der Waals surface area (Å²) in [5.41, 5.74) is 7.44. The minimum absolute atomic E-state index is 0.0724. The van der Waals surface area contributed by atoms with Gasteiger partial charge in [-0.25, -0.2) is 4.79 Å². The molecular formula is C27H25BN2O3.